The topological polar surface area (TPSA) is 465 Å². The van der Waals surface area contributed by atoms with Crippen molar-refractivity contribution in [3.63, 3.8) is 0 Å². The van der Waals surface area contributed by atoms with E-state index in [2.05, 4.69) is 58.5 Å². The molecule has 5 heterocycles. The van der Waals surface area contributed by atoms with Gasteiger partial charge in [-0.3, -0.25) is 71.9 Å². The monoisotopic (exact) mass is 1560 g/mol. The smallest absolute Gasteiger partial charge is 0.246 e. The number of carbonyl (C=O) groups excluding carboxylic acids is 15. The number of hydrogen-bond donors (Lipinski definition) is 14. The highest BCUT2D eigenvalue weighted by atomic mass is 33.1. The van der Waals surface area contributed by atoms with Crippen LogP contribution in [0.4, 0.5) is 0 Å². The summed E-state index contributed by atoms with van der Waals surface area (Å²) in [5, 5.41) is 50.8. The van der Waals surface area contributed by atoms with Crippen LogP contribution >= 0.6 is 21.6 Å². The number of nitrogens with zero attached hydrogens (tertiary/aromatic N) is 3. The molecule has 0 radical (unpaired) electrons. The maximum absolute atomic E-state index is 15.2. The van der Waals surface area contributed by atoms with Gasteiger partial charge < -0.3 is 89.1 Å². The van der Waals surface area contributed by atoms with Crippen molar-refractivity contribution >= 4 is 110 Å². The number of amides is 15. The minimum atomic E-state index is -1.78. The number of carbonyl (C=O) groups is 15. The molecule has 5 fully saturated rings. The Morgan fingerprint density at radius 3 is 1.54 bits per heavy atom. The van der Waals surface area contributed by atoms with E-state index in [-0.39, 0.29) is 138 Å². The second kappa shape index (κ2) is 41.5. The molecule has 109 heavy (non-hydrogen) atoms. The average molecular weight is 1560 g/mol. The van der Waals surface area contributed by atoms with Gasteiger partial charge in [-0.1, -0.05) is 108 Å². The first-order valence-electron chi connectivity index (χ1n) is 38.0. The number of fused-ring (bicyclic) bond motifs is 12. The highest BCUT2D eigenvalue weighted by Gasteiger charge is 2.46. The Bertz CT molecular complexity index is 3590. The third kappa shape index (κ3) is 25.7. The molecule has 34 heteroatoms. The van der Waals surface area contributed by atoms with Gasteiger partial charge in [0.05, 0.1) is 6.42 Å². The average Bonchev–Trinajstić information content (AvgIpc) is 1.69. The minimum absolute atomic E-state index is 0.00984. The summed E-state index contributed by atoms with van der Waals surface area (Å²) in [7, 11) is 1.94. The number of aromatic hydroxyl groups is 2. The Hall–Kier alpha value is -9.21. The fourth-order valence-corrected chi connectivity index (χ4v) is 16.5. The van der Waals surface area contributed by atoms with Crippen LogP contribution in [0.2, 0.25) is 0 Å². The number of primary amides is 1. The maximum atomic E-state index is 15.2. The van der Waals surface area contributed by atoms with Crippen LogP contribution in [0.15, 0.2) is 48.5 Å². The van der Waals surface area contributed by atoms with Crippen LogP contribution in [-0.2, 0) is 84.8 Å². The second-order valence-electron chi connectivity index (χ2n) is 30.3. The van der Waals surface area contributed by atoms with E-state index in [9.17, 15) is 53.4 Å². The van der Waals surface area contributed by atoms with Crippen LogP contribution in [0.3, 0.4) is 0 Å². The number of phenols is 2. The van der Waals surface area contributed by atoms with Gasteiger partial charge in [-0.25, -0.2) is 0 Å². The van der Waals surface area contributed by atoms with E-state index in [0.717, 1.165) is 21.6 Å². The molecule has 14 atom stereocenters. The van der Waals surface area contributed by atoms with Crippen LogP contribution < -0.4 is 64.2 Å². The number of hydrogen-bond acceptors (Lipinski definition) is 19. The number of nitrogens with two attached hydrogens (primary N) is 1. The molecule has 0 spiro atoms. The number of phenolic OH excluding ortho intramolecular Hbond substituents is 2. The van der Waals surface area contributed by atoms with E-state index in [1.54, 1.807) is 53.7 Å². The molecule has 0 saturated carbocycles. The first kappa shape index (κ1) is 87.0. The fourth-order valence-electron chi connectivity index (χ4n) is 14.2. The quantitative estimate of drug-likeness (QED) is 0.0713. The van der Waals surface area contributed by atoms with Gasteiger partial charge in [0.1, 0.15) is 90.0 Å². The number of nitrogens with one attached hydrogen (secondary N) is 11. The zero-order chi connectivity index (χ0) is 79.9. The molecule has 15 N–H and O–H groups in total. The van der Waals surface area contributed by atoms with Crippen molar-refractivity contribution < 1.29 is 82.1 Å². The molecule has 0 unspecified atom stereocenters. The van der Waals surface area contributed by atoms with Crippen molar-refractivity contribution in [1.82, 2.24) is 73.2 Å². The SMILES string of the molecule is CC[C@@H](C)[C@@H](NC(=O)[C@H](CC(C)C)NC(=O)[C@H]1CC(=O)NCCCC[C@@H]2NC(=O)[C@H]3CCCN3C(=O)[C@H](CC(C)C)NC(=O)[C@H](Cc3ccc(O)cc3)NC(=O)[C@@H]3CCCN3C(=O)[C@@H]3CCCN3C(=O)[C@@H](NC(C)=O)CSSC[C@H](NC(=O)[C@H](CC(C)C)NC(=O)[C@H](Cc3ccc(O)cc3)NC2=O)C(=O)N1)C(N)=O. The lowest BCUT2D eigenvalue weighted by atomic mass is 9.97. The lowest BCUT2D eigenvalue weighted by molar-refractivity contribution is -0.147. The van der Waals surface area contributed by atoms with Crippen LogP contribution in [0, 0.1) is 23.7 Å². The summed E-state index contributed by atoms with van der Waals surface area (Å²) in [6, 6.07) is -6.07. The molecule has 7 rings (SSSR count). The van der Waals surface area contributed by atoms with E-state index >= 15 is 28.8 Å². The first-order valence-corrected chi connectivity index (χ1v) is 40.5. The molecule has 0 aromatic heterocycles. The molecular weight excluding hydrogens is 1450 g/mol. The van der Waals surface area contributed by atoms with Gasteiger partial charge in [-0.15, -0.1) is 0 Å². The third-order valence-corrected chi connectivity index (χ3v) is 22.5. The van der Waals surface area contributed by atoms with E-state index in [4.69, 9.17) is 5.73 Å². The van der Waals surface area contributed by atoms with Crippen molar-refractivity contribution in [3.05, 3.63) is 59.7 Å². The highest BCUT2D eigenvalue weighted by Crippen LogP contribution is 2.30. The van der Waals surface area contributed by atoms with Gasteiger partial charge in [0.15, 0.2) is 0 Å². The molecule has 5 saturated heterocycles. The summed E-state index contributed by atoms with van der Waals surface area (Å²) in [6.45, 7) is 15.6. The van der Waals surface area contributed by atoms with Gasteiger partial charge in [-0.05, 0) is 136 Å². The molecule has 2 aromatic carbocycles. The Labute approximate surface area is 644 Å². The molecule has 600 valence electrons. The van der Waals surface area contributed by atoms with Gasteiger partial charge in [0.2, 0.25) is 88.6 Å². The Morgan fingerprint density at radius 1 is 0.523 bits per heavy atom. The standard InChI is InChI=1S/C75H111N15O17S2/c1-10-43(8)62(63(76)95)87-69(101)51(33-41(4)5)81-68(100)54-37-61(94)77-28-12-11-16-49-64(96)82-52(35-45-20-24-47(92)25-21-45)66(98)80-50(32-40(2)3)65(97)86-56(70(102)83-54)38-108-109-39-57(78-44(9)91)74(106)90-31-15-19-60(90)75(107)89-30-14-18-59(89)72(104)84-53(36-46-22-26-48(93)27-23-46)67(99)85-55(34-42(6)7)73(105)88-29-13-17-58(88)71(103)79-49/h20-27,40-43,49-60,62,92-93H,10-19,28-39H2,1-9H3,(H2,76,95)(H,77,94)(H,78,91)(H,79,103)(H,80,98)(H,81,100)(H,82,96)(H,83,102)(H,84,104)(H,85,99)(H,86,97)(H,87,101)/t43-,49+,50+,51+,52+,53+,54-,55+,56+,57+,58-,59+,60+,62-/m1/s1. The summed E-state index contributed by atoms with van der Waals surface area (Å²) in [6.07, 6.45) is 0.911. The summed E-state index contributed by atoms with van der Waals surface area (Å²) in [5.74, 6) is -13.8. The van der Waals surface area contributed by atoms with E-state index < -0.39 is 179 Å². The van der Waals surface area contributed by atoms with Gasteiger partial charge in [0, 0.05) is 57.5 Å². The molecule has 32 nitrogen and oxygen atoms in total. The predicted octanol–water partition coefficient (Wildman–Crippen LogP) is 0.479. The molecule has 5 aliphatic rings. The van der Waals surface area contributed by atoms with Crippen molar-refractivity contribution in [3.8, 4) is 11.5 Å². The zero-order valence-electron chi connectivity index (χ0n) is 63.7. The van der Waals surface area contributed by atoms with Crippen molar-refractivity contribution in [1.29, 1.82) is 0 Å². The van der Waals surface area contributed by atoms with E-state index in [0.29, 0.717) is 36.8 Å². The maximum Gasteiger partial charge on any atom is 0.246 e. The van der Waals surface area contributed by atoms with E-state index in [1.165, 1.54) is 58.0 Å². The molecule has 15 amide bonds. The molecule has 5 aliphatic heterocycles. The largest absolute Gasteiger partial charge is 0.508 e. The molecule has 0 aliphatic carbocycles. The van der Waals surface area contributed by atoms with Crippen LogP contribution in [0.25, 0.3) is 0 Å². The van der Waals surface area contributed by atoms with Gasteiger partial charge in [0.25, 0.3) is 0 Å². The molecular formula is C75H111N15O17S2. The normalized spacial score (nSPS) is 26.3. The number of benzene rings is 2. The van der Waals surface area contributed by atoms with Crippen molar-refractivity contribution in [2.45, 2.75) is 244 Å². The Morgan fingerprint density at radius 2 is 1.00 bits per heavy atom. The Balaban J connectivity index is 1.34. The summed E-state index contributed by atoms with van der Waals surface area (Å²) in [5.41, 5.74) is 6.69. The lowest BCUT2D eigenvalue weighted by Crippen LogP contribution is -2.61. The second-order valence-corrected chi connectivity index (χ2v) is 32.9. The highest BCUT2D eigenvalue weighted by molar-refractivity contribution is 8.76. The Kier molecular flexibility index (Phi) is 33.2. The van der Waals surface area contributed by atoms with E-state index in [1.807, 2.05) is 13.8 Å². The lowest BCUT2D eigenvalue weighted by Gasteiger charge is -2.33. The fraction of sp³-hybridized carbons (Fsp3) is 0.640. The van der Waals surface area contributed by atoms with Crippen molar-refractivity contribution in [2.75, 3.05) is 37.7 Å². The zero-order valence-corrected chi connectivity index (χ0v) is 65.4. The molecule has 2 bridgehead atoms. The number of rotatable bonds is 18. The predicted molar refractivity (Wildman–Crippen MR) is 406 cm³/mol. The van der Waals surface area contributed by atoms with Gasteiger partial charge in [-0.2, -0.15) is 0 Å². The van der Waals surface area contributed by atoms with Crippen LogP contribution in [0.5, 0.6) is 11.5 Å². The summed E-state index contributed by atoms with van der Waals surface area (Å²) >= 11 is 0. The summed E-state index contributed by atoms with van der Waals surface area (Å²) in [4.78, 5) is 223. The molecule has 2 aromatic rings. The van der Waals surface area contributed by atoms with Crippen molar-refractivity contribution in [2.24, 2.45) is 29.4 Å². The minimum Gasteiger partial charge on any atom is -0.508 e. The first-order chi connectivity index (χ1) is 51.7. The van der Waals surface area contributed by atoms with Crippen LogP contribution in [0.1, 0.15) is 163 Å². The van der Waals surface area contributed by atoms with Crippen LogP contribution in [-0.4, -0.2) is 230 Å². The third-order valence-electron chi connectivity index (χ3n) is 20.1. The van der Waals surface area contributed by atoms with Gasteiger partial charge >= 0.3 is 0 Å². The summed E-state index contributed by atoms with van der Waals surface area (Å²) < 4.78 is 0.